The van der Waals surface area contributed by atoms with Crippen LogP contribution in [0.5, 0.6) is 11.5 Å². The highest BCUT2D eigenvalue weighted by atomic mass is 16.6. The van der Waals surface area contributed by atoms with Crippen LogP contribution in [0.3, 0.4) is 0 Å². The minimum absolute atomic E-state index is 0.000268. The number of carbonyl (C=O) groups excluding carboxylic acids is 1. The van der Waals surface area contributed by atoms with Crippen LogP contribution in [-0.4, -0.2) is 45.0 Å². The molecule has 6 heteroatoms. The number of nitrogens with one attached hydrogen (secondary N) is 1. The van der Waals surface area contributed by atoms with Crippen molar-refractivity contribution in [3.63, 3.8) is 0 Å². The van der Waals surface area contributed by atoms with Gasteiger partial charge in [-0.1, -0.05) is 0 Å². The summed E-state index contributed by atoms with van der Waals surface area (Å²) in [6, 6.07) is 5.60. The zero-order valence-electron chi connectivity index (χ0n) is 11.7. The standard InChI is InChI=1S/C15H18N2O4/c18-15-17(9-10-3-4-16-8-14(10)21-15)11-1-2-12-13(7-11)20-6-5-19-12/h1-2,7,10,14,16H,3-6,8-9H2. The molecule has 0 aromatic heterocycles. The molecule has 4 rings (SSSR count). The van der Waals surface area contributed by atoms with Crippen molar-refractivity contribution >= 4 is 11.8 Å². The van der Waals surface area contributed by atoms with Gasteiger partial charge in [-0.15, -0.1) is 0 Å². The molecule has 1 N–H and O–H groups in total. The van der Waals surface area contributed by atoms with Crippen LogP contribution >= 0.6 is 0 Å². The minimum atomic E-state index is -0.281. The van der Waals surface area contributed by atoms with Gasteiger partial charge in [0, 0.05) is 25.1 Å². The molecule has 0 bridgehead atoms. The van der Waals surface area contributed by atoms with Crippen LogP contribution in [0.4, 0.5) is 10.5 Å². The lowest BCUT2D eigenvalue weighted by molar-refractivity contribution is 0.0329. The van der Waals surface area contributed by atoms with Crippen molar-refractivity contribution in [2.75, 3.05) is 37.7 Å². The smallest absolute Gasteiger partial charge is 0.414 e. The Bertz CT molecular complexity index is 563. The number of hydrogen-bond donors (Lipinski definition) is 1. The molecule has 2 fully saturated rings. The van der Waals surface area contributed by atoms with Crippen molar-refractivity contribution in [3.8, 4) is 11.5 Å². The molecule has 21 heavy (non-hydrogen) atoms. The van der Waals surface area contributed by atoms with E-state index in [1.54, 1.807) is 4.90 Å². The van der Waals surface area contributed by atoms with E-state index in [1.165, 1.54) is 0 Å². The van der Waals surface area contributed by atoms with Crippen LogP contribution < -0.4 is 19.7 Å². The van der Waals surface area contributed by atoms with E-state index in [0.29, 0.717) is 31.4 Å². The van der Waals surface area contributed by atoms with Gasteiger partial charge >= 0.3 is 6.09 Å². The predicted octanol–water partition coefficient (Wildman–Crippen LogP) is 1.39. The second-order valence-electron chi connectivity index (χ2n) is 5.61. The predicted molar refractivity (Wildman–Crippen MR) is 76.0 cm³/mol. The zero-order valence-corrected chi connectivity index (χ0v) is 11.7. The van der Waals surface area contributed by atoms with E-state index >= 15 is 0 Å². The average Bonchev–Trinajstić information content (AvgIpc) is 2.54. The maximum atomic E-state index is 12.2. The molecule has 0 spiro atoms. The van der Waals surface area contributed by atoms with Crippen molar-refractivity contribution in [1.29, 1.82) is 0 Å². The number of nitrogens with zero attached hydrogens (tertiary/aromatic N) is 1. The quantitative estimate of drug-likeness (QED) is 0.847. The van der Waals surface area contributed by atoms with Gasteiger partial charge in [-0.2, -0.15) is 0 Å². The van der Waals surface area contributed by atoms with E-state index in [0.717, 1.165) is 30.9 Å². The van der Waals surface area contributed by atoms with Gasteiger partial charge in [-0.05, 0) is 25.1 Å². The van der Waals surface area contributed by atoms with Gasteiger partial charge in [0.15, 0.2) is 11.5 Å². The first-order chi connectivity index (χ1) is 10.3. The maximum Gasteiger partial charge on any atom is 0.414 e. The Morgan fingerprint density at radius 1 is 1.19 bits per heavy atom. The molecule has 3 aliphatic rings. The molecule has 0 aliphatic carbocycles. The highest BCUT2D eigenvalue weighted by Crippen LogP contribution is 2.36. The summed E-state index contributed by atoms with van der Waals surface area (Å²) in [6.07, 6.45) is 0.746. The summed E-state index contributed by atoms with van der Waals surface area (Å²) < 4.78 is 16.6. The highest BCUT2D eigenvalue weighted by molar-refractivity contribution is 5.89. The number of fused-ring (bicyclic) bond motifs is 2. The summed E-state index contributed by atoms with van der Waals surface area (Å²) in [5.41, 5.74) is 0.807. The number of ether oxygens (including phenoxy) is 3. The minimum Gasteiger partial charge on any atom is -0.486 e. The van der Waals surface area contributed by atoms with Crippen molar-refractivity contribution in [1.82, 2.24) is 5.32 Å². The Kier molecular flexibility index (Phi) is 3.11. The summed E-state index contributed by atoms with van der Waals surface area (Å²) in [5, 5.41) is 3.27. The maximum absolute atomic E-state index is 12.2. The second-order valence-corrected chi connectivity index (χ2v) is 5.61. The molecule has 3 aliphatic heterocycles. The van der Waals surface area contributed by atoms with Gasteiger partial charge in [0.05, 0.1) is 5.69 Å². The van der Waals surface area contributed by atoms with Crippen LogP contribution in [0.2, 0.25) is 0 Å². The largest absolute Gasteiger partial charge is 0.486 e. The second kappa shape index (κ2) is 5.11. The monoisotopic (exact) mass is 290 g/mol. The Morgan fingerprint density at radius 3 is 2.95 bits per heavy atom. The van der Waals surface area contributed by atoms with E-state index in [4.69, 9.17) is 14.2 Å². The molecule has 0 saturated carbocycles. The van der Waals surface area contributed by atoms with Gasteiger partial charge in [0.1, 0.15) is 19.3 Å². The van der Waals surface area contributed by atoms with Crippen molar-refractivity contribution in [2.24, 2.45) is 5.92 Å². The fourth-order valence-electron chi connectivity index (χ4n) is 3.14. The Labute approximate surface area is 123 Å². The van der Waals surface area contributed by atoms with Gasteiger partial charge in [0.2, 0.25) is 0 Å². The third kappa shape index (κ3) is 2.29. The fraction of sp³-hybridized carbons (Fsp3) is 0.533. The number of hydrogen-bond acceptors (Lipinski definition) is 5. The van der Waals surface area contributed by atoms with Crippen LogP contribution in [0.25, 0.3) is 0 Å². The number of benzene rings is 1. The lowest BCUT2D eigenvalue weighted by Crippen LogP contribution is -2.54. The lowest BCUT2D eigenvalue weighted by atomic mass is 9.93. The van der Waals surface area contributed by atoms with E-state index in [1.807, 2.05) is 18.2 Å². The average molecular weight is 290 g/mol. The van der Waals surface area contributed by atoms with E-state index in [-0.39, 0.29) is 12.2 Å². The first-order valence-electron chi connectivity index (χ1n) is 7.40. The van der Waals surface area contributed by atoms with Gasteiger partial charge in [-0.25, -0.2) is 4.79 Å². The SMILES string of the molecule is O=C1OC2CNCCC2CN1c1ccc2c(c1)OCCO2. The molecule has 1 aromatic carbocycles. The molecule has 3 heterocycles. The summed E-state index contributed by atoms with van der Waals surface area (Å²) in [7, 11) is 0. The van der Waals surface area contributed by atoms with Crippen molar-refractivity contribution in [2.45, 2.75) is 12.5 Å². The Balaban J connectivity index is 1.59. The third-order valence-electron chi connectivity index (χ3n) is 4.29. The molecule has 2 unspecified atom stereocenters. The summed E-state index contributed by atoms with van der Waals surface area (Å²) in [5.74, 6) is 1.81. The highest BCUT2D eigenvalue weighted by Gasteiger charge is 2.37. The zero-order chi connectivity index (χ0) is 14.2. The van der Waals surface area contributed by atoms with Gasteiger partial charge in [0.25, 0.3) is 0 Å². The van der Waals surface area contributed by atoms with E-state index in [9.17, 15) is 4.79 Å². The molecule has 1 aromatic rings. The van der Waals surface area contributed by atoms with E-state index < -0.39 is 0 Å². The third-order valence-corrected chi connectivity index (χ3v) is 4.29. The lowest BCUT2D eigenvalue weighted by Gasteiger charge is -2.40. The molecule has 6 nitrogen and oxygen atoms in total. The molecular weight excluding hydrogens is 272 g/mol. The Morgan fingerprint density at radius 2 is 2.05 bits per heavy atom. The topological polar surface area (TPSA) is 60.0 Å². The van der Waals surface area contributed by atoms with E-state index in [2.05, 4.69) is 5.32 Å². The number of amides is 1. The molecular formula is C15H18N2O4. The van der Waals surface area contributed by atoms with Crippen LogP contribution in [-0.2, 0) is 4.74 Å². The molecule has 2 atom stereocenters. The first-order valence-corrected chi connectivity index (χ1v) is 7.40. The van der Waals surface area contributed by atoms with Gasteiger partial charge in [-0.3, -0.25) is 4.90 Å². The number of anilines is 1. The van der Waals surface area contributed by atoms with Crippen LogP contribution in [0, 0.1) is 5.92 Å². The van der Waals surface area contributed by atoms with Crippen LogP contribution in [0.15, 0.2) is 18.2 Å². The number of carbonyl (C=O) groups is 1. The summed E-state index contributed by atoms with van der Waals surface area (Å²) >= 11 is 0. The molecule has 1 amide bonds. The fourth-order valence-corrected chi connectivity index (χ4v) is 3.14. The number of rotatable bonds is 1. The molecule has 0 radical (unpaired) electrons. The normalized spacial score (nSPS) is 27.8. The number of piperidine rings is 1. The van der Waals surface area contributed by atoms with Gasteiger partial charge < -0.3 is 19.5 Å². The van der Waals surface area contributed by atoms with Crippen molar-refractivity contribution < 1.29 is 19.0 Å². The molecule has 112 valence electrons. The Hall–Kier alpha value is -1.95. The molecule has 2 saturated heterocycles. The van der Waals surface area contributed by atoms with Crippen molar-refractivity contribution in [3.05, 3.63) is 18.2 Å². The summed E-state index contributed by atoms with van der Waals surface area (Å²) in [6.45, 7) is 3.54. The van der Waals surface area contributed by atoms with Crippen LogP contribution in [0.1, 0.15) is 6.42 Å². The summed E-state index contributed by atoms with van der Waals surface area (Å²) in [4.78, 5) is 13.9. The first kappa shape index (κ1) is 12.8.